The van der Waals surface area contributed by atoms with Crippen molar-refractivity contribution in [3.63, 3.8) is 0 Å². The predicted molar refractivity (Wildman–Crippen MR) is 60.9 cm³/mol. The Labute approximate surface area is 97.2 Å². The van der Waals surface area contributed by atoms with Crippen LogP contribution in [0.1, 0.15) is 58.8 Å². The van der Waals surface area contributed by atoms with Crippen molar-refractivity contribution in [3.8, 4) is 0 Å². The molecule has 2 aliphatic carbocycles. The van der Waals surface area contributed by atoms with Crippen LogP contribution < -0.4 is 0 Å². The number of aliphatic hydroxyl groups is 1. The predicted octanol–water partition coefficient (Wildman–Crippen LogP) is 2.41. The maximum absolute atomic E-state index is 11.1. The van der Waals surface area contributed by atoms with Gasteiger partial charge in [0.2, 0.25) is 0 Å². The van der Waals surface area contributed by atoms with Crippen molar-refractivity contribution in [2.75, 3.05) is 0 Å². The van der Waals surface area contributed by atoms with Gasteiger partial charge in [-0.05, 0) is 37.5 Å². The summed E-state index contributed by atoms with van der Waals surface area (Å²) in [5.41, 5.74) is -0.835. The third-order valence-corrected chi connectivity index (χ3v) is 4.62. The Morgan fingerprint density at radius 2 is 1.88 bits per heavy atom. The number of carbonyl (C=O) groups is 1. The monoisotopic (exact) mass is 226 g/mol. The van der Waals surface area contributed by atoms with Crippen molar-refractivity contribution in [3.05, 3.63) is 0 Å². The molecule has 92 valence electrons. The summed E-state index contributed by atoms with van der Waals surface area (Å²) in [6.07, 6.45) is 6.70. The van der Waals surface area contributed by atoms with Crippen LogP contribution in [0, 0.1) is 5.41 Å². The molecule has 2 aliphatic rings. The molecule has 3 atom stereocenters. The van der Waals surface area contributed by atoms with Gasteiger partial charge in [-0.1, -0.05) is 19.8 Å². The van der Waals surface area contributed by atoms with Crippen LogP contribution in [0.5, 0.6) is 0 Å². The highest BCUT2D eigenvalue weighted by Gasteiger charge is 2.56. The van der Waals surface area contributed by atoms with E-state index in [4.69, 9.17) is 4.74 Å². The molecule has 0 bridgehead atoms. The lowest BCUT2D eigenvalue weighted by atomic mass is 9.56. The van der Waals surface area contributed by atoms with Gasteiger partial charge in [0.15, 0.2) is 0 Å². The van der Waals surface area contributed by atoms with Gasteiger partial charge in [-0.2, -0.15) is 0 Å². The molecule has 3 heteroatoms. The molecule has 0 aliphatic heterocycles. The molecule has 2 rings (SSSR count). The van der Waals surface area contributed by atoms with E-state index in [0.717, 1.165) is 38.5 Å². The van der Waals surface area contributed by atoms with Gasteiger partial charge in [0.1, 0.15) is 11.7 Å². The molecule has 2 saturated carbocycles. The number of esters is 1. The summed E-state index contributed by atoms with van der Waals surface area (Å²) in [6.45, 7) is 3.58. The van der Waals surface area contributed by atoms with Crippen molar-refractivity contribution in [1.82, 2.24) is 0 Å². The summed E-state index contributed by atoms with van der Waals surface area (Å²) in [5, 5.41) is 10.9. The van der Waals surface area contributed by atoms with E-state index in [-0.39, 0.29) is 17.5 Å². The van der Waals surface area contributed by atoms with Crippen LogP contribution >= 0.6 is 0 Å². The van der Waals surface area contributed by atoms with Crippen LogP contribution in [0.4, 0.5) is 0 Å². The zero-order valence-electron chi connectivity index (χ0n) is 10.3. The average Bonchev–Trinajstić information content (AvgIpc) is 2.20. The largest absolute Gasteiger partial charge is 0.459 e. The van der Waals surface area contributed by atoms with Crippen molar-refractivity contribution >= 4 is 5.97 Å². The second-order valence-electron chi connectivity index (χ2n) is 5.68. The molecule has 0 aromatic carbocycles. The molecule has 0 unspecified atom stereocenters. The lowest BCUT2D eigenvalue weighted by molar-refractivity contribution is -0.213. The van der Waals surface area contributed by atoms with Crippen LogP contribution in [0.2, 0.25) is 0 Å². The van der Waals surface area contributed by atoms with E-state index in [1.165, 1.54) is 13.3 Å². The van der Waals surface area contributed by atoms with E-state index < -0.39 is 5.60 Å². The SMILES string of the molecule is CC(=O)O[C@@H]1CCC[C@]2(C)CCCC[C@]12O. The summed E-state index contributed by atoms with van der Waals surface area (Å²) in [7, 11) is 0. The fourth-order valence-corrected chi connectivity index (χ4v) is 3.59. The lowest BCUT2D eigenvalue weighted by Crippen LogP contribution is -2.60. The Kier molecular flexibility index (Phi) is 2.99. The van der Waals surface area contributed by atoms with E-state index >= 15 is 0 Å². The highest BCUT2D eigenvalue weighted by atomic mass is 16.6. The minimum atomic E-state index is -0.783. The summed E-state index contributed by atoms with van der Waals surface area (Å²) < 4.78 is 5.34. The third-order valence-electron chi connectivity index (χ3n) is 4.62. The number of carbonyl (C=O) groups excluding carboxylic acids is 1. The molecule has 0 radical (unpaired) electrons. The molecule has 2 fully saturated rings. The smallest absolute Gasteiger partial charge is 0.303 e. The number of hydrogen-bond acceptors (Lipinski definition) is 3. The topological polar surface area (TPSA) is 46.5 Å². The highest BCUT2D eigenvalue weighted by molar-refractivity contribution is 5.66. The fourth-order valence-electron chi connectivity index (χ4n) is 3.59. The average molecular weight is 226 g/mol. The van der Waals surface area contributed by atoms with Crippen LogP contribution in [-0.4, -0.2) is 22.8 Å². The van der Waals surface area contributed by atoms with E-state index in [0.29, 0.717) is 0 Å². The van der Waals surface area contributed by atoms with E-state index in [1.54, 1.807) is 0 Å². The zero-order valence-corrected chi connectivity index (χ0v) is 10.3. The maximum Gasteiger partial charge on any atom is 0.303 e. The Bertz CT molecular complexity index is 285. The molecule has 0 amide bonds. The second kappa shape index (κ2) is 4.02. The summed E-state index contributed by atoms with van der Waals surface area (Å²) >= 11 is 0. The molecule has 0 saturated heterocycles. The maximum atomic E-state index is 11.1. The second-order valence-corrected chi connectivity index (χ2v) is 5.68. The summed E-state index contributed by atoms with van der Waals surface area (Å²) in [5.74, 6) is -0.270. The standard InChI is InChI=1S/C13H22O3/c1-10(14)16-11-6-5-8-12(2)7-3-4-9-13(11,12)15/h11,15H,3-9H2,1-2H3/t11-,12+,13+/m1/s1. The van der Waals surface area contributed by atoms with Crippen molar-refractivity contribution in [1.29, 1.82) is 0 Å². The molecule has 0 spiro atoms. The van der Waals surface area contributed by atoms with Crippen LogP contribution in [0.25, 0.3) is 0 Å². The first-order chi connectivity index (χ1) is 7.48. The minimum Gasteiger partial charge on any atom is -0.459 e. The molecule has 3 nitrogen and oxygen atoms in total. The zero-order chi connectivity index (χ0) is 11.8. The van der Waals surface area contributed by atoms with Gasteiger partial charge in [0.05, 0.1) is 0 Å². The Morgan fingerprint density at radius 3 is 2.56 bits per heavy atom. The molecule has 1 N–H and O–H groups in total. The van der Waals surface area contributed by atoms with Gasteiger partial charge >= 0.3 is 5.97 Å². The first-order valence-corrected chi connectivity index (χ1v) is 6.38. The fraction of sp³-hybridized carbons (Fsp3) is 0.923. The van der Waals surface area contributed by atoms with E-state index in [9.17, 15) is 9.90 Å². The van der Waals surface area contributed by atoms with Gasteiger partial charge < -0.3 is 9.84 Å². The Morgan fingerprint density at radius 1 is 1.25 bits per heavy atom. The minimum absolute atomic E-state index is 0.0520. The van der Waals surface area contributed by atoms with E-state index in [1.807, 2.05) is 0 Å². The molecule has 0 aromatic heterocycles. The van der Waals surface area contributed by atoms with Gasteiger partial charge in [-0.3, -0.25) is 4.79 Å². The number of rotatable bonds is 1. The first-order valence-electron chi connectivity index (χ1n) is 6.38. The lowest BCUT2D eigenvalue weighted by Gasteiger charge is -2.54. The first kappa shape index (κ1) is 11.9. The number of fused-ring (bicyclic) bond motifs is 1. The van der Waals surface area contributed by atoms with Gasteiger partial charge in [-0.15, -0.1) is 0 Å². The summed E-state index contributed by atoms with van der Waals surface area (Å²) in [4.78, 5) is 11.1. The molecule has 16 heavy (non-hydrogen) atoms. The van der Waals surface area contributed by atoms with Gasteiger partial charge in [0, 0.05) is 6.92 Å². The van der Waals surface area contributed by atoms with Crippen LogP contribution in [-0.2, 0) is 9.53 Å². The van der Waals surface area contributed by atoms with Crippen LogP contribution in [0.15, 0.2) is 0 Å². The normalized spacial score (nSPS) is 43.6. The molecular formula is C13H22O3. The highest BCUT2D eigenvalue weighted by Crippen LogP contribution is 2.53. The third kappa shape index (κ3) is 1.75. The summed E-state index contributed by atoms with van der Waals surface area (Å²) in [6, 6.07) is 0. The van der Waals surface area contributed by atoms with Gasteiger partial charge in [0.25, 0.3) is 0 Å². The molecule has 0 heterocycles. The Balaban J connectivity index is 2.22. The van der Waals surface area contributed by atoms with Crippen LogP contribution in [0.3, 0.4) is 0 Å². The quantitative estimate of drug-likeness (QED) is 0.698. The van der Waals surface area contributed by atoms with Crippen molar-refractivity contribution < 1.29 is 14.6 Å². The van der Waals surface area contributed by atoms with Crippen molar-refractivity contribution in [2.45, 2.75) is 70.5 Å². The Hall–Kier alpha value is -0.570. The van der Waals surface area contributed by atoms with Gasteiger partial charge in [-0.25, -0.2) is 0 Å². The number of ether oxygens (including phenoxy) is 1. The molecule has 0 aromatic rings. The molecular weight excluding hydrogens is 204 g/mol. The van der Waals surface area contributed by atoms with E-state index in [2.05, 4.69) is 6.92 Å². The van der Waals surface area contributed by atoms with Crippen molar-refractivity contribution in [2.24, 2.45) is 5.41 Å². The number of hydrogen-bond donors (Lipinski definition) is 1.